The first-order valence-electron chi connectivity index (χ1n) is 5.87. The minimum atomic E-state index is 0.137. The molecule has 1 heterocycles. The van der Waals surface area contributed by atoms with E-state index in [2.05, 4.69) is 22.9 Å². The van der Waals surface area contributed by atoms with Crippen molar-refractivity contribution in [1.82, 2.24) is 4.57 Å². The number of ketones is 1. The number of fused-ring (bicyclic) bond motifs is 1. The molecule has 0 radical (unpaired) electrons. The minimum Gasteiger partial charge on any atom is -0.344 e. The second-order valence-electron chi connectivity index (χ2n) is 4.64. The fourth-order valence-electron chi connectivity index (χ4n) is 2.37. The summed E-state index contributed by atoms with van der Waals surface area (Å²) in [5.41, 5.74) is 2.06. The van der Waals surface area contributed by atoms with E-state index >= 15 is 0 Å². The standard InChI is InChI=1S/C14H15NO/c1-10(16)11-5-6-14-12(9-11)7-8-15(14)13-3-2-4-13/h5-9,13H,2-4H2,1H3. The Balaban J connectivity index is 2.10. The van der Waals surface area contributed by atoms with Gasteiger partial charge in [-0.15, -0.1) is 0 Å². The van der Waals surface area contributed by atoms with Crippen molar-refractivity contribution in [1.29, 1.82) is 0 Å². The Labute approximate surface area is 94.9 Å². The van der Waals surface area contributed by atoms with E-state index in [1.54, 1.807) is 6.92 Å². The first-order valence-corrected chi connectivity index (χ1v) is 5.87. The van der Waals surface area contributed by atoms with Crippen molar-refractivity contribution in [2.75, 3.05) is 0 Å². The van der Waals surface area contributed by atoms with E-state index in [9.17, 15) is 4.79 Å². The van der Waals surface area contributed by atoms with Crippen molar-refractivity contribution in [3.63, 3.8) is 0 Å². The van der Waals surface area contributed by atoms with Crippen LogP contribution in [-0.2, 0) is 0 Å². The summed E-state index contributed by atoms with van der Waals surface area (Å²) in [5.74, 6) is 0.137. The molecule has 0 bridgehead atoms. The van der Waals surface area contributed by atoms with Gasteiger partial charge in [0.05, 0.1) is 0 Å². The van der Waals surface area contributed by atoms with Gasteiger partial charge in [0.1, 0.15) is 0 Å². The van der Waals surface area contributed by atoms with Crippen LogP contribution in [-0.4, -0.2) is 10.4 Å². The number of hydrogen-bond acceptors (Lipinski definition) is 1. The number of Topliss-reactive ketones (excluding diaryl/α,β-unsaturated/α-hetero) is 1. The van der Waals surface area contributed by atoms with Gasteiger partial charge in [0.2, 0.25) is 0 Å². The second kappa shape index (κ2) is 3.48. The SMILES string of the molecule is CC(=O)c1ccc2c(ccn2C2CCC2)c1. The average Bonchev–Trinajstić information content (AvgIpc) is 2.59. The van der Waals surface area contributed by atoms with E-state index in [4.69, 9.17) is 0 Å². The van der Waals surface area contributed by atoms with Crippen molar-refractivity contribution >= 4 is 16.7 Å². The van der Waals surface area contributed by atoms with Crippen molar-refractivity contribution in [3.05, 3.63) is 36.0 Å². The maximum atomic E-state index is 11.3. The number of benzene rings is 1. The van der Waals surface area contributed by atoms with E-state index < -0.39 is 0 Å². The predicted molar refractivity (Wildman–Crippen MR) is 64.8 cm³/mol. The fourth-order valence-corrected chi connectivity index (χ4v) is 2.37. The molecule has 3 rings (SSSR count). The van der Waals surface area contributed by atoms with Gasteiger partial charge < -0.3 is 4.57 Å². The topological polar surface area (TPSA) is 22.0 Å². The van der Waals surface area contributed by atoms with Crippen LogP contribution in [0.25, 0.3) is 10.9 Å². The summed E-state index contributed by atoms with van der Waals surface area (Å²) in [7, 11) is 0. The minimum absolute atomic E-state index is 0.137. The van der Waals surface area contributed by atoms with Crippen LogP contribution in [0.3, 0.4) is 0 Å². The third kappa shape index (κ3) is 1.37. The number of hydrogen-bond donors (Lipinski definition) is 0. The van der Waals surface area contributed by atoms with Crippen LogP contribution in [0.1, 0.15) is 42.6 Å². The van der Waals surface area contributed by atoms with Gasteiger partial charge in [-0.3, -0.25) is 4.79 Å². The second-order valence-corrected chi connectivity index (χ2v) is 4.64. The number of aromatic nitrogens is 1. The average molecular weight is 213 g/mol. The van der Waals surface area contributed by atoms with Crippen molar-refractivity contribution < 1.29 is 4.79 Å². The van der Waals surface area contributed by atoms with Crippen LogP contribution in [0.4, 0.5) is 0 Å². The molecule has 16 heavy (non-hydrogen) atoms. The number of carbonyl (C=O) groups is 1. The highest BCUT2D eigenvalue weighted by atomic mass is 16.1. The molecule has 1 aliphatic rings. The molecule has 2 nitrogen and oxygen atoms in total. The maximum Gasteiger partial charge on any atom is 0.159 e. The zero-order valence-corrected chi connectivity index (χ0v) is 9.44. The van der Waals surface area contributed by atoms with Gasteiger partial charge in [-0.1, -0.05) is 0 Å². The molecule has 0 atom stereocenters. The highest BCUT2D eigenvalue weighted by Gasteiger charge is 2.20. The molecule has 1 aromatic carbocycles. The van der Waals surface area contributed by atoms with Gasteiger partial charge >= 0.3 is 0 Å². The lowest BCUT2D eigenvalue weighted by atomic mass is 9.93. The smallest absolute Gasteiger partial charge is 0.159 e. The van der Waals surface area contributed by atoms with Crippen LogP contribution >= 0.6 is 0 Å². The lowest BCUT2D eigenvalue weighted by Gasteiger charge is -2.28. The fraction of sp³-hybridized carbons (Fsp3) is 0.357. The van der Waals surface area contributed by atoms with Crippen LogP contribution in [0.2, 0.25) is 0 Å². The lowest BCUT2D eigenvalue weighted by Crippen LogP contribution is -2.15. The number of rotatable bonds is 2. The maximum absolute atomic E-state index is 11.3. The predicted octanol–water partition coefficient (Wildman–Crippen LogP) is 3.57. The summed E-state index contributed by atoms with van der Waals surface area (Å²) in [5, 5.41) is 1.18. The number of nitrogens with zero attached hydrogens (tertiary/aromatic N) is 1. The molecular formula is C14H15NO. The summed E-state index contributed by atoms with van der Waals surface area (Å²) in [6, 6.07) is 8.79. The molecule has 2 heteroatoms. The third-order valence-electron chi connectivity index (χ3n) is 3.60. The molecule has 82 valence electrons. The molecule has 0 amide bonds. The Hall–Kier alpha value is -1.57. The summed E-state index contributed by atoms with van der Waals surface area (Å²) >= 11 is 0. The molecule has 0 N–H and O–H groups in total. The van der Waals surface area contributed by atoms with E-state index in [1.165, 1.54) is 30.2 Å². The van der Waals surface area contributed by atoms with E-state index in [0.717, 1.165) is 5.56 Å². The molecular weight excluding hydrogens is 198 g/mol. The zero-order chi connectivity index (χ0) is 11.1. The summed E-state index contributed by atoms with van der Waals surface area (Å²) in [6.45, 7) is 1.62. The van der Waals surface area contributed by atoms with Gasteiger partial charge in [0, 0.05) is 28.7 Å². The van der Waals surface area contributed by atoms with Gasteiger partial charge in [0.15, 0.2) is 5.78 Å². The van der Waals surface area contributed by atoms with Crippen LogP contribution in [0.15, 0.2) is 30.5 Å². The molecule has 1 aromatic heterocycles. The van der Waals surface area contributed by atoms with Gasteiger partial charge in [-0.2, -0.15) is 0 Å². The van der Waals surface area contributed by atoms with E-state index in [0.29, 0.717) is 6.04 Å². The Morgan fingerprint density at radius 3 is 2.75 bits per heavy atom. The van der Waals surface area contributed by atoms with Crippen molar-refractivity contribution in [3.8, 4) is 0 Å². The van der Waals surface area contributed by atoms with E-state index in [-0.39, 0.29) is 5.78 Å². The highest BCUT2D eigenvalue weighted by molar-refractivity contribution is 5.98. The third-order valence-corrected chi connectivity index (χ3v) is 3.60. The lowest BCUT2D eigenvalue weighted by molar-refractivity contribution is 0.101. The van der Waals surface area contributed by atoms with E-state index in [1.807, 2.05) is 12.1 Å². The normalized spacial score (nSPS) is 16.3. The highest BCUT2D eigenvalue weighted by Crippen LogP contribution is 2.34. The van der Waals surface area contributed by atoms with Gasteiger partial charge in [-0.05, 0) is 50.5 Å². The molecule has 1 aliphatic carbocycles. The quantitative estimate of drug-likeness (QED) is 0.699. The first kappa shape index (κ1) is 9.64. The molecule has 1 saturated carbocycles. The Kier molecular flexibility index (Phi) is 2.10. The van der Waals surface area contributed by atoms with Crippen LogP contribution in [0, 0.1) is 0 Å². The molecule has 1 fully saturated rings. The Bertz CT molecular complexity index is 549. The summed E-state index contributed by atoms with van der Waals surface area (Å²) in [4.78, 5) is 11.3. The summed E-state index contributed by atoms with van der Waals surface area (Å²) in [6.07, 6.45) is 6.07. The zero-order valence-electron chi connectivity index (χ0n) is 9.44. The largest absolute Gasteiger partial charge is 0.344 e. The monoisotopic (exact) mass is 213 g/mol. The van der Waals surface area contributed by atoms with Crippen LogP contribution in [0.5, 0.6) is 0 Å². The Morgan fingerprint density at radius 1 is 1.31 bits per heavy atom. The first-order chi connectivity index (χ1) is 7.75. The molecule has 0 aliphatic heterocycles. The van der Waals surface area contributed by atoms with Gasteiger partial charge in [0.25, 0.3) is 0 Å². The number of carbonyl (C=O) groups excluding carboxylic acids is 1. The van der Waals surface area contributed by atoms with Crippen LogP contribution < -0.4 is 0 Å². The molecule has 0 unspecified atom stereocenters. The molecule has 2 aromatic rings. The molecule has 0 spiro atoms. The van der Waals surface area contributed by atoms with Crippen molar-refractivity contribution in [2.24, 2.45) is 0 Å². The molecule has 0 saturated heterocycles. The van der Waals surface area contributed by atoms with Gasteiger partial charge in [-0.25, -0.2) is 0 Å². The summed E-state index contributed by atoms with van der Waals surface area (Å²) < 4.78 is 2.35. The Morgan fingerprint density at radius 2 is 2.12 bits per heavy atom. The van der Waals surface area contributed by atoms with Crippen molar-refractivity contribution in [2.45, 2.75) is 32.2 Å².